The predicted molar refractivity (Wildman–Crippen MR) is 71.6 cm³/mol. The summed E-state index contributed by atoms with van der Waals surface area (Å²) in [6, 6.07) is 3.21. The van der Waals surface area contributed by atoms with Crippen molar-refractivity contribution in [2.45, 2.75) is 13.5 Å². The predicted octanol–water partition coefficient (Wildman–Crippen LogP) is 2.73. The number of halogens is 3. The number of aromatic nitrogens is 4. The Kier molecular flexibility index (Phi) is 4.40. The van der Waals surface area contributed by atoms with Gasteiger partial charge in [-0.15, -0.1) is 5.10 Å². The standard InChI is InChI=1S/C10H10Cl3N5/c1-2-14-5-10-15-16-17-18(10)9-4-7(12)6(11)3-8(9)13/h3-4,14H,2,5H2,1H3. The molecule has 96 valence electrons. The van der Waals surface area contributed by atoms with E-state index in [0.29, 0.717) is 33.1 Å². The Morgan fingerprint density at radius 1 is 1.17 bits per heavy atom. The van der Waals surface area contributed by atoms with Crippen LogP contribution in [0.4, 0.5) is 0 Å². The van der Waals surface area contributed by atoms with Gasteiger partial charge in [0.2, 0.25) is 0 Å². The van der Waals surface area contributed by atoms with Gasteiger partial charge >= 0.3 is 0 Å². The summed E-state index contributed by atoms with van der Waals surface area (Å²) in [6.07, 6.45) is 0. The highest BCUT2D eigenvalue weighted by Crippen LogP contribution is 2.31. The second-order valence-corrected chi connectivity index (χ2v) is 4.73. The number of benzene rings is 1. The number of nitrogens with one attached hydrogen (secondary N) is 1. The summed E-state index contributed by atoms with van der Waals surface area (Å²) in [4.78, 5) is 0. The second-order valence-electron chi connectivity index (χ2n) is 3.50. The Labute approximate surface area is 119 Å². The van der Waals surface area contributed by atoms with Gasteiger partial charge in [0, 0.05) is 0 Å². The first kappa shape index (κ1) is 13.5. The summed E-state index contributed by atoms with van der Waals surface area (Å²) >= 11 is 18.0. The molecule has 0 radical (unpaired) electrons. The Bertz CT molecular complexity index is 554. The fourth-order valence-corrected chi connectivity index (χ4v) is 2.04. The summed E-state index contributed by atoms with van der Waals surface area (Å²) < 4.78 is 1.53. The fraction of sp³-hybridized carbons (Fsp3) is 0.300. The minimum absolute atomic E-state index is 0.395. The molecule has 8 heteroatoms. The quantitative estimate of drug-likeness (QED) is 0.883. The number of nitrogens with zero attached hydrogens (tertiary/aromatic N) is 4. The summed E-state index contributed by atoms with van der Waals surface area (Å²) in [5, 5.41) is 15.8. The van der Waals surface area contributed by atoms with E-state index in [0.717, 1.165) is 6.54 Å². The van der Waals surface area contributed by atoms with E-state index in [1.807, 2.05) is 6.92 Å². The molecule has 2 aromatic rings. The lowest BCUT2D eigenvalue weighted by Crippen LogP contribution is -2.16. The molecule has 0 bridgehead atoms. The molecule has 1 heterocycles. The third kappa shape index (κ3) is 2.75. The average Bonchev–Trinajstić information content (AvgIpc) is 2.79. The lowest BCUT2D eigenvalue weighted by Gasteiger charge is -2.08. The largest absolute Gasteiger partial charge is 0.310 e. The third-order valence-electron chi connectivity index (χ3n) is 2.29. The molecule has 18 heavy (non-hydrogen) atoms. The molecule has 5 nitrogen and oxygen atoms in total. The van der Waals surface area contributed by atoms with Gasteiger partial charge in [-0.2, -0.15) is 4.68 Å². The van der Waals surface area contributed by atoms with E-state index >= 15 is 0 Å². The maximum Gasteiger partial charge on any atom is 0.170 e. The molecule has 1 N–H and O–H groups in total. The van der Waals surface area contributed by atoms with Gasteiger partial charge in [-0.3, -0.25) is 0 Å². The molecular weight excluding hydrogens is 297 g/mol. The Morgan fingerprint density at radius 2 is 1.89 bits per heavy atom. The lowest BCUT2D eigenvalue weighted by atomic mass is 10.3. The van der Waals surface area contributed by atoms with Gasteiger partial charge in [0.25, 0.3) is 0 Å². The molecule has 1 aromatic heterocycles. The van der Waals surface area contributed by atoms with Gasteiger partial charge in [0.15, 0.2) is 5.82 Å². The van der Waals surface area contributed by atoms with Gasteiger partial charge in [-0.1, -0.05) is 41.7 Å². The van der Waals surface area contributed by atoms with Crippen molar-refractivity contribution in [1.82, 2.24) is 25.5 Å². The third-order valence-corrected chi connectivity index (χ3v) is 3.31. The SMILES string of the molecule is CCNCc1nnnn1-c1cc(Cl)c(Cl)cc1Cl. The molecule has 0 saturated heterocycles. The zero-order valence-corrected chi connectivity index (χ0v) is 11.8. The number of rotatable bonds is 4. The highest BCUT2D eigenvalue weighted by molar-refractivity contribution is 6.43. The van der Waals surface area contributed by atoms with E-state index in [2.05, 4.69) is 20.8 Å². The lowest BCUT2D eigenvalue weighted by molar-refractivity contribution is 0.664. The maximum absolute atomic E-state index is 6.12. The highest BCUT2D eigenvalue weighted by Gasteiger charge is 2.13. The summed E-state index contributed by atoms with van der Waals surface area (Å²) in [6.45, 7) is 3.36. The Balaban J connectivity index is 2.42. The fourth-order valence-electron chi connectivity index (χ4n) is 1.41. The van der Waals surface area contributed by atoms with Crippen LogP contribution >= 0.6 is 34.8 Å². The summed E-state index contributed by atoms with van der Waals surface area (Å²) in [5.74, 6) is 0.650. The van der Waals surface area contributed by atoms with Crippen LogP contribution in [0.25, 0.3) is 5.69 Å². The van der Waals surface area contributed by atoms with Crippen molar-refractivity contribution < 1.29 is 0 Å². The molecule has 2 rings (SSSR count). The topological polar surface area (TPSA) is 55.6 Å². The number of tetrazole rings is 1. The van der Waals surface area contributed by atoms with Gasteiger partial charge < -0.3 is 5.32 Å². The highest BCUT2D eigenvalue weighted by atomic mass is 35.5. The van der Waals surface area contributed by atoms with Crippen molar-refractivity contribution >= 4 is 34.8 Å². The van der Waals surface area contributed by atoms with Gasteiger partial charge in [-0.05, 0) is 29.1 Å². The maximum atomic E-state index is 6.12. The van der Waals surface area contributed by atoms with E-state index in [1.54, 1.807) is 12.1 Å². The smallest absolute Gasteiger partial charge is 0.170 e. The second kappa shape index (κ2) is 5.84. The van der Waals surface area contributed by atoms with Crippen LogP contribution < -0.4 is 5.32 Å². The first-order valence-corrected chi connectivity index (χ1v) is 6.39. The van der Waals surface area contributed by atoms with Crippen LogP contribution in [0.15, 0.2) is 12.1 Å². The van der Waals surface area contributed by atoms with Gasteiger partial charge in [-0.25, -0.2) is 0 Å². The van der Waals surface area contributed by atoms with Gasteiger partial charge in [0.05, 0.1) is 27.3 Å². The van der Waals surface area contributed by atoms with Gasteiger partial charge in [0.1, 0.15) is 0 Å². The Hall–Kier alpha value is -0.880. The summed E-state index contributed by atoms with van der Waals surface area (Å²) in [7, 11) is 0. The minimum Gasteiger partial charge on any atom is -0.310 e. The van der Waals surface area contributed by atoms with Crippen LogP contribution in [0.2, 0.25) is 15.1 Å². The molecule has 0 unspecified atom stereocenters. The molecule has 0 amide bonds. The van der Waals surface area contributed by atoms with E-state index in [1.165, 1.54) is 4.68 Å². The first-order valence-electron chi connectivity index (χ1n) is 5.26. The van der Waals surface area contributed by atoms with Crippen molar-refractivity contribution in [2.24, 2.45) is 0 Å². The molecule has 0 spiro atoms. The first-order chi connectivity index (χ1) is 8.63. The van der Waals surface area contributed by atoms with Crippen molar-refractivity contribution in [3.05, 3.63) is 33.0 Å². The molecule has 0 aliphatic rings. The molecule has 0 atom stereocenters. The molecular formula is C10H10Cl3N5. The van der Waals surface area contributed by atoms with Crippen LogP contribution in [0.1, 0.15) is 12.7 Å². The van der Waals surface area contributed by atoms with Crippen LogP contribution in [-0.4, -0.2) is 26.8 Å². The van der Waals surface area contributed by atoms with E-state index < -0.39 is 0 Å². The van der Waals surface area contributed by atoms with Crippen molar-refractivity contribution in [1.29, 1.82) is 0 Å². The zero-order chi connectivity index (χ0) is 13.1. The Morgan fingerprint density at radius 3 is 2.61 bits per heavy atom. The van der Waals surface area contributed by atoms with Crippen LogP contribution in [0.3, 0.4) is 0 Å². The normalized spacial score (nSPS) is 10.9. The molecule has 0 aliphatic heterocycles. The van der Waals surface area contributed by atoms with Crippen molar-refractivity contribution in [3.63, 3.8) is 0 Å². The van der Waals surface area contributed by atoms with Crippen LogP contribution in [0.5, 0.6) is 0 Å². The van der Waals surface area contributed by atoms with E-state index in [4.69, 9.17) is 34.8 Å². The molecule has 1 aromatic carbocycles. The number of hydrogen-bond donors (Lipinski definition) is 1. The van der Waals surface area contributed by atoms with E-state index in [9.17, 15) is 0 Å². The number of hydrogen-bond acceptors (Lipinski definition) is 4. The molecule has 0 fully saturated rings. The molecule has 0 aliphatic carbocycles. The average molecular weight is 307 g/mol. The van der Waals surface area contributed by atoms with Crippen LogP contribution in [0, 0.1) is 0 Å². The van der Waals surface area contributed by atoms with Crippen molar-refractivity contribution in [2.75, 3.05) is 6.54 Å². The minimum atomic E-state index is 0.395. The molecule has 0 saturated carbocycles. The zero-order valence-electron chi connectivity index (χ0n) is 9.49. The van der Waals surface area contributed by atoms with Crippen molar-refractivity contribution in [3.8, 4) is 5.69 Å². The monoisotopic (exact) mass is 305 g/mol. The summed E-state index contributed by atoms with van der Waals surface area (Å²) in [5.41, 5.74) is 0.601. The van der Waals surface area contributed by atoms with Crippen LogP contribution in [-0.2, 0) is 6.54 Å². The van der Waals surface area contributed by atoms with E-state index in [-0.39, 0.29) is 0 Å².